The number of fused-ring (bicyclic) bond motifs is 3. The van der Waals surface area contributed by atoms with Crippen molar-refractivity contribution in [3.8, 4) is 0 Å². The zero-order valence-corrected chi connectivity index (χ0v) is 17.7. The molecule has 162 valence electrons. The molecule has 30 heavy (non-hydrogen) atoms. The molecular weight excluding hydrogens is 386 g/mol. The van der Waals surface area contributed by atoms with Gasteiger partial charge in [-0.25, -0.2) is 4.79 Å². The lowest BCUT2D eigenvalue weighted by Crippen LogP contribution is -2.67. The highest BCUT2D eigenvalue weighted by atomic mass is 16.5. The van der Waals surface area contributed by atoms with Crippen LogP contribution >= 0.6 is 0 Å². The number of ether oxygens (including phenoxy) is 1. The minimum Gasteiger partial charge on any atom is -0.468 e. The van der Waals surface area contributed by atoms with Crippen LogP contribution in [0.1, 0.15) is 12.5 Å². The number of urea groups is 1. The molecule has 4 unspecified atom stereocenters. The van der Waals surface area contributed by atoms with Crippen molar-refractivity contribution in [2.75, 3.05) is 40.3 Å². The van der Waals surface area contributed by atoms with Crippen LogP contribution in [0.15, 0.2) is 30.3 Å². The number of rotatable bonds is 5. The lowest BCUT2D eigenvalue weighted by atomic mass is 10.0. The summed E-state index contributed by atoms with van der Waals surface area (Å²) in [6.07, 6.45) is 0.358. The van der Waals surface area contributed by atoms with Crippen LogP contribution in [0.2, 0.25) is 0 Å². The summed E-state index contributed by atoms with van der Waals surface area (Å²) < 4.78 is 4.67. The molecule has 3 fully saturated rings. The largest absolute Gasteiger partial charge is 0.468 e. The zero-order chi connectivity index (χ0) is 21.4. The van der Waals surface area contributed by atoms with Crippen LogP contribution in [-0.2, 0) is 20.7 Å². The number of benzene rings is 1. The van der Waals surface area contributed by atoms with Gasteiger partial charge in [0.05, 0.1) is 7.11 Å². The standard InChI is InChI=1S/C21H29N5O4/c1-14-11-24(10-9-15-7-5-4-6-8-15)20-22-18-17(25(20)12-14)19(28)26(13-16(27)30-3)21(29)23(18)2/h4-8,14,17-18,20,22H,9-13H2,1-3H3. The Morgan fingerprint density at radius 1 is 1.20 bits per heavy atom. The van der Waals surface area contributed by atoms with E-state index in [1.807, 2.05) is 18.2 Å². The number of methoxy groups -OCH3 is 1. The number of nitrogens with one attached hydrogen (secondary N) is 1. The fraction of sp³-hybridized carbons (Fsp3) is 0.571. The van der Waals surface area contributed by atoms with E-state index >= 15 is 0 Å². The van der Waals surface area contributed by atoms with E-state index in [4.69, 9.17) is 0 Å². The number of hydrogen-bond donors (Lipinski definition) is 1. The average Bonchev–Trinajstić information content (AvgIpc) is 3.13. The molecule has 1 aromatic rings. The molecule has 1 aromatic carbocycles. The summed E-state index contributed by atoms with van der Waals surface area (Å²) in [5.74, 6) is -0.578. The monoisotopic (exact) mass is 415 g/mol. The number of carbonyl (C=O) groups excluding carboxylic acids is 3. The zero-order valence-electron chi connectivity index (χ0n) is 17.7. The van der Waals surface area contributed by atoms with Crippen molar-refractivity contribution in [1.29, 1.82) is 0 Å². The number of carbonyl (C=O) groups is 3. The van der Waals surface area contributed by atoms with Crippen LogP contribution in [0.4, 0.5) is 4.79 Å². The molecule has 9 nitrogen and oxygen atoms in total. The predicted octanol–water partition coefficient (Wildman–Crippen LogP) is 0.131. The lowest BCUT2D eigenvalue weighted by Gasteiger charge is -2.45. The molecule has 0 bridgehead atoms. The van der Waals surface area contributed by atoms with Crippen molar-refractivity contribution in [2.24, 2.45) is 5.92 Å². The van der Waals surface area contributed by atoms with E-state index in [9.17, 15) is 14.4 Å². The number of hydrogen-bond acceptors (Lipinski definition) is 7. The topological polar surface area (TPSA) is 85.4 Å². The van der Waals surface area contributed by atoms with Crippen LogP contribution in [-0.4, -0.2) is 96.3 Å². The molecule has 0 radical (unpaired) electrons. The number of nitrogens with zero attached hydrogens (tertiary/aromatic N) is 4. The van der Waals surface area contributed by atoms with E-state index in [0.717, 1.165) is 31.0 Å². The van der Waals surface area contributed by atoms with Crippen LogP contribution < -0.4 is 5.32 Å². The Morgan fingerprint density at radius 2 is 1.93 bits per heavy atom. The van der Waals surface area contributed by atoms with Gasteiger partial charge in [0.2, 0.25) is 0 Å². The first kappa shape index (κ1) is 20.8. The maximum atomic E-state index is 13.2. The number of esters is 1. The summed E-state index contributed by atoms with van der Waals surface area (Å²) in [6.45, 7) is 4.32. The fourth-order valence-corrected chi connectivity index (χ4v) is 4.75. The van der Waals surface area contributed by atoms with Crippen LogP contribution in [0, 0.1) is 5.92 Å². The van der Waals surface area contributed by atoms with E-state index in [0.29, 0.717) is 5.92 Å². The van der Waals surface area contributed by atoms with Crippen molar-refractivity contribution in [1.82, 2.24) is 24.9 Å². The lowest BCUT2D eigenvalue weighted by molar-refractivity contribution is -0.150. The van der Waals surface area contributed by atoms with Crippen molar-refractivity contribution in [3.63, 3.8) is 0 Å². The van der Waals surface area contributed by atoms with Gasteiger partial charge in [-0.05, 0) is 17.9 Å². The van der Waals surface area contributed by atoms with Crippen molar-refractivity contribution in [2.45, 2.75) is 31.8 Å². The SMILES string of the molecule is COC(=O)CN1C(=O)C2C(NC3N(CCc4ccccc4)CC(C)CN23)N(C)C1=O. The summed E-state index contributed by atoms with van der Waals surface area (Å²) in [6, 6.07) is 9.32. The first-order chi connectivity index (χ1) is 14.4. The molecule has 9 heteroatoms. The molecule has 3 aliphatic heterocycles. The van der Waals surface area contributed by atoms with Gasteiger partial charge in [-0.3, -0.25) is 29.6 Å². The van der Waals surface area contributed by atoms with Gasteiger partial charge in [0, 0.05) is 26.7 Å². The molecule has 0 spiro atoms. The van der Waals surface area contributed by atoms with E-state index in [1.54, 1.807) is 7.05 Å². The Hall–Kier alpha value is -2.49. The third-order valence-corrected chi connectivity index (χ3v) is 6.22. The van der Waals surface area contributed by atoms with Gasteiger partial charge in [0.15, 0.2) is 0 Å². The number of amides is 3. The van der Waals surface area contributed by atoms with Crippen molar-refractivity contribution >= 4 is 17.9 Å². The normalized spacial score (nSPS) is 29.7. The minimum atomic E-state index is -0.609. The van der Waals surface area contributed by atoms with Gasteiger partial charge in [-0.15, -0.1) is 0 Å². The molecule has 3 heterocycles. The first-order valence-electron chi connectivity index (χ1n) is 10.4. The Kier molecular flexibility index (Phi) is 5.77. The molecule has 0 aliphatic carbocycles. The molecule has 4 atom stereocenters. The van der Waals surface area contributed by atoms with Crippen LogP contribution in [0.25, 0.3) is 0 Å². The summed E-state index contributed by atoms with van der Waals surface area (Å²) in [5.41, 5.74) is 1.27. The van der Waals surface area contributed by atoms with Gasteiger partial charge in [-0.1, -0.05) is 37.3 Å². The van der Waals surface area contributed by atoms with E-state index < -0.39 is 24.2 Å². The Labute approximate surface area is 176 Å². The molecule has 4 rings (SSSR count). The minimum absolute atomic E-state index is 0.128. The van der Waals surface area contributed by atoms with Gasteiger partial charge < -0.3 is 9.64 Å². The summed E-state index contributed by atoms with van der Waals surface area (Å²) in [4.78, 5) is 44.7. The molecule has 3 aliphatic rings. The van der Waals surface area contributed by atoms with E-state index in [-0.39, 0.29) is 18.7 Å². The number of imide groups is 1. The van der Waals surface area contributed by atoms with Gasteiger partial charge in [0.25, 0.3) is 5.91 Å². The maximum absolute atomic E-state index is 13.2. The summed E-state index contributed by atoms with van der Waals surface area (Å²) in [5, 5.41) is 3.49. The number of likely N-dealkylation sites (N-methyl/N-ethyl adjacent to an activating group) is 1. The second kappa shape index (κ2) is 8.33. The average molecular weight is 415 g/mol. The van der Waals surface area contributed by atoms with Crippen molar-refractivity contribution < 1.29 is 19.1 Å². The predicted molar refractivity (Wildman–Crippen MR) is 109 cm³/mol. The third kappa shape index (κ3) is 3.68. The van der Waals surface area contributed by atoms with Gasteiger partial charge in [0.1, 0.15) is 25.0 Å². The smallest absolute Gasteiger partial charge is 0.328 e. The van der Waals surface area contributed by atoms with E-state index in [2.05, 4.69) is 38.9 Å². The Morgan fingerprint density at radius 3 is 2.63 bits per heavy atom. The molecular formula is C21H29N5O4. The highest BCUT2D eigenvalue weighted by Gasteiger charge is 2.56. The third-order valence-electron chi connectivity index (χ3n) is 6.22. The maximum Gasteiger partial charge on any atom is 0.328 e. The highest BCUT2D eigenvalue weighted by molar-refractivity contribution is 6.02. The second-order valence-corrected chi connectivity index (χ2v) is 8.36. The molecule has 3 saturated heterocycles. The van der Waals surface area contributed by atoms with E-state index in [1.165, 1.54) is 17.6 Å². The molecule has 0 saturated carbocycles. The van der Waals surface area contributed by atoms with Crippen LogP contribution in [0.5, 0.6) is 0 Å². The quantitative estimate of drug-likeness (QED) is 0.685. The van der Waals surface area contributed by atoms with Crippen LogP contribution in [0.3, 0.4) is 0 Å². The van der Waals surface area contributed by atoms with Crippen molar-refractivity contribution in [3.05, 3.63) is 35.9 Å². The first-order valence-corrected chi connectivity index (χ1v) is 10.4. The summed E-state index contributed by atoms with van der Waals surface area (Å²) >= 11 is 0. The second-order valence-electron chi connectivity index (χ2n) is 8.36. The summed E-state index contributed by atoms with van der Waals surface area (Å²) in [7, 11) is 2.91. The van der Waals surface area contributed by atoms with Gasteiger partial charge in [-0.2, -0.15) is 0 Å². The Bertz CT molecular complexity index is 819. The fourth-order valence-electron chi connectivity index (χ4n) is 4.75. The molecule has 0 aromatic heterocycles. The highest BCUT2D eigenvalue weighted by Crippen LogP contribution is 2.32. The van der Waals surface area contributed by atoms with Gasteiger partial charge >= 0.3 is 12.0 Å². The Balaban J connectivity index is 1.54. The molecule has 3 amide bonds. The molecule has 1 N–H and O–H groups in total.